The molecule has 2 nitrogen and oxygen atoms in total. The maximum absolute atomic E-state index is 6.33. The van der Waals surface area contributed by atoms with E-state index in [1.165, 1.54) is 28.2 Å². The van der Waals surface area contributed by atoms with Gasteiger partial charge >= 0.3 is 0 Å². The van der Waals surface area contributed by atoms with Crippen molar-refractivity contribution in [1.82, 2.24) is 0 Å². The van der Waals surface area contributed by atoms with E-state index >= 15 is 0 Å². The Labute approximate surface area is 118 Å². The fourth-order valence-electron chi connectivity index (χ4n) is 2.05. The third kappa shape index (κ3) is 2.82. The number of hydrogen-bond donors (Lipinski definition) is 1. The van der Waals surface area contributed by atoms with Crippen LogP contribution in [0.3, 0.4) is 0 Å². The van der Waals surface area contributed by atoms with Crippen molar-refractivity contribution in [3.8, 4) is 5.75 Å². The van der Waals surface area contributed by atoms with Gasteiger partial charge < -0.3 is 10.5 Å². The van der Waals surface area contributed by atoms with Gasteiger partial charge in [-0.05, 0) is 56.0 Å². The minimum Gasteiger partial charge on any atom is -0.490 e. The van der Waals surface area contributed by atoms with E-state index in [2.05, 4.69) is 32.0 Å². The second kappa shape index (κ2) is 4.99. The molecule has 19 heavy (non-hydrogen) atoms. The summed E-state index contributed by atoms with van der Waals surface area (Å²) >= 11 is 1.79. The third-order valence-electron chi connectivity index (χ3n) is 3.56. The molecule has 1 fully saturated rings. The van der Waals surface area contributed by atoms with Gasteiger partial charge in [-0.25, -0.2) is 0 Å². The van der Waals surface area contributed by atoms with Gasteiger partial charge in [0.1, 0.15) is 5.75 Å². The number of benzene rings is 1. The van der Waals surface area contributed by atoms with Gasteiger partial charge in [-0.1, -0.05) is 12.1 Å². The van der Waals surface area contributed by atoms with Crippen LogP contribution in [0.15, 0.2) is 30.3 Å². The summed E-state index contributed by atoms with van der Waals surface area (Å²) in [5.41, 5.74) is 8.80. The van der Waals surface area contributed by atoms with Crippen LogP contribution in [0.25, 0.3) is 0 Å². The largest absolute Gasteiger partial charge is 0.490 e. The Morgan fingerprint density at radius 2 is 1.89 bits per heavy atom. The molecular formula is C16H19NOS. The minimum atomic E-state index is -0.0348. The second-order valence-corrected chi connectivity index (χ2v) is 6.54. The summed E-state index contributed by atoms with van der Waals surface area (Å²) in [6.07, 6.45) is 2.83. The average Bonchev–Trinajstić information content (AvgIpc) is 3.15. The standard InChI is InChI=1S/C16H19NOS/c1-10-9-15(19-11(10)2)16(17)12-3-5-13(6-4-12)18-14-7-8-14/h3-6,9,14,16H,7-8,17H2,1-2H3. The Kier molecular flexibility index (Phi) is 3.33. The molecule has 1 unspecified atom stereocenters. The lowest BCUT2D eigenvalue weighted by atomic mass is 10.1. The zero-order valence-corrected chi connectivity index (χ0v) is 12.2. The zero-order chi connectivity index (χ0) is 13.4. The molecule has 1 aliphatic carbocycles. The Hall–Kier alpha value is -1.32. The van der Waals surface area contributed by atoms with Crippen LogP contribution in [0.4, 0.5) is 0 Å². The van der Waals surface area contributed by atoms with Gasteiger partial charge in [0.2, 0.25) is 0 Å². The average molecular weight is 273 g/mol. The van der Waals surface area contributed by atoms with Gasteiger partial charge in [0.15, 0.2) is 0 Å². The van der Waals surface area contributed by atoms with E-state index in [0.29, 0.717) is 6.10 Å². The van der Waals surface area contributed by atoms with Gasteiger partial charge in [-0.2, -0.15) is 0 Å². The smallest absolute Gasteiger partial charge is 0.119 e. The fourth-order valence-corrected chi connectivity index (χ4v) is 3.12. The first-order chi connectivity index (χ1) is 9.13. The van der Waals surface area contributed by atoms with E-state index in [1.54, 1.807) is 11.3 Å². The molecule has 0 spiro atoms. The number of ether oxygens (including phenoxy) is 1. The molecule has 3 heteroatoms. The summed E-state index contributed by atoms with van der Waals surface area (Å²) in [4.78, 5) is 2.57. The van der Waals surface area contributed by atoms with Crippen molar-refractivity contribution in [1.29, 1.82) is 0 Å². The Morgan fingerprint density at radius 3 is 2.42 bits per heavy atom. The lowest BCUT2D eigenvalue weighted by Gasteiger charge is -2.11. The van der Waals surface area contributed by atoms with Crippen molar-refractivity contribution in [2.24, 2.45) is 5.73 Å². The summed E-state index contributed by atoms with van der Waals surface area (Å²) in [5, 5.41) is 0. The van der Waals surface area contributed by atoms with Crippen molar-refractivity contribution in [2.45, 2.75) is 38.8 Å². The highest BCUT2D eigenvalue weighted by Gasteiger charge is 2.23. The van der Waals surface area contributed by atoms with Crippen LogP contribution in [0.1, 0.15) is 39.8 Å². The van der Waals surface area contributed by atoms with Crippen LogP contribution < -0.4 is 10.5 Å². The van der Waals surface area contributed by atoms with E-state index in [9.17, 15) is 0 Å². The molecule has 0 aliphatic heterocycles. The van der Waals surface area contributed by atoms with Crippen molar-refractivity contribution in [3.63, 3.8) is 0 Å². The Balaban J connectivity index is 1.76. The zero-order valence-electron chi connectivity index (χ0n) is 11.3. The Morgan fingerprint density at radius 1 is 1.21 bits per heavy atom. The third-order valence-corrected chi connectivity index (χ3v) is 4.79. The molecule has 2 aromatic rings. The van der Waals surface area contributed by atoms with Crippen LogP contribution in [-0.2, 0) is 0 Å². The molecule has 0 bridgehead atoms. The monoisotopic (exact) mass is 273 g/mol. The normalized spacial score (nSPS) is 16.4. The van der Waals surface area contributed by atoms with Crippen LogP contribution >= 0.6 is 11.3 Å². The highest BCUT2D eigenvalue weighted by atomic mass is 32.1. The predicted octanol–water partition coefficient (Wildman–Crippen LogP) is 3.95. The molecular weight excluding hydrogens is 254 g/mol. The quantitative estimate of drug-likeness (QED) is 0.915. The molecule has 1 aliphatic rings. The van der Waals surface area contributed by atoms with Crippen LogP contribution in [0.5, 0.6) is 5.75 Å². The van der Waals surface area contributed by atoms with E-state index in [4.69, 9.17) is 10.5 Å². The van der Waals surface area contributed by atoms with Crippen molar-refractivity contribution < 1.29 is 4.74 Å². The van der Waals surface area contributed by atoms with Crippen molar-refractivity contribution in [2.75, 3.05) is 0 Å². The Bertz CT molecular complexity index is 549. The minimum absolute atomic E-state index is 0.0348. The molecule has 1 aromatic carbocycles. The molecule has 0 radical (unpaired) electrons. The van der Waals surface area contributed by atoms with Crippen molar-refractivity contribution >= 4 is 11.3 Å². The maximum Gasteiger partial charge on any atom is 0.119 e. The molecule has 100 valence electrons. The highest BCUT2D eigenvalue weighted by Crippen LogP contribution is 2.31. The maximum atomic E-state index is 6.33. The van der Waals surface area contributed by atoms with Gasteiger partial charge in [0.05, 0.1) is 12.1 Å². The first kappa shape index (κ1) is 12.7. The fraction of sp³-hybridized carbons (Fsp3) is 0.375. The molecule has 0 saturated heterocycles. The first-order valence-corrected chi connectivity index (χ1v) is 7.54. The summed E-state index contributed by atoms with van der Waals surface area (Å²) in [5.74, 6) is 0.956. The summed E-state index contributed by atoms with van der Waals surface area (Å²) in [6.45, 7) is 4.28. The second-order valence-electron chi connectivity index (χ2n) is 5.25. The molecule has 1 aromatic heterocycles. The summed E-state index contributed by atoms with van der Waals surface area (Å²) in [7, 11) is 0. The van der Waals surface area contributed by atoms with Crippen LogP contribution in [0, 0.1) is 13.8 Å². The molecule has 0 amide bonds. The molecule has 1 atom stereocenters. The lowest BCUT2D eigenvalue weighted by Crippen LogP contribution is -2.10. The summed E-state index contributed by atoms with van der Waals surface area (Å²) < 4.78 is 5.75. The number of nitrogens with two attached hydrogens (primary N) is 1. The molecule has 1 heterocycles. The van der Waals surface area contributed by atoms with E-state index in [1.807, 2.05) is 12.1 Å². The van der Waals surface area contributed by atoms with Crippen LogP contribution in [0.2, 0.25) is 0 Å². The number of thiophene rings is 1. The molecule has 1 saturated carbocycles. The SMILES string of the molecule is Cc1cc(C(N)c2ccc(OC3CC3)cc2)sc1C. The number of aryl methyl sites for hydroxylation is 2. The molecule has 2 N–H and O–H groups in total. The first-order valence-electron chi connectivity index (χ1n) is 6.72. The van der Waals surface area contributed by atoms with Gasteiger partial charge in [-0.3, -0.25) is 0 Å². The number of hydrogen-bond acceptors (Lipinski definition) is 3. The van der Waals surface area contributed by atoms with Crippen LogP contribution in [-0.4, -0.2) is 6.10 Å². The van der Waals surface area contributed by atoms with Gasteiger partial charge in [0.25, 0.3) is 0 Å². The van der Waals surface area contributed by atoms with E-state index in [0.717, 1.165) is 11.3 Å². The summed E-state index contributed by atoms with van der Waals surface area (Å²) in [6, 6.07) is 10.4. The van der Waals surface area contributed by atoms with Gasteiger partial charge in [-0.15, -0.1) is 11.3 Å². The molecule has 3 rings (SSSR count). The lowest BCUT2D eigenvalue weighted by molar-refractivity contribution is 0.303. The van der Waals surface area contributed by atoms with Gasteiger partial charge in [0, 0.05) is 9.75 Å². The number of rotatable bonds is 4. The van der Waals surface area contributed by atoms with Crippen molar-refractivity contribution in [3.05, 3.63) is 51.2 Å². The topological polar surface area (TPSA) is 35.2 Å². The van der Waals surface area contributed by atoms with E-state index in [-0.39, 0.29) is 6.04 Å². The van der Waals surface area contributed by atoms with E-state index < -0.39 is 0 Å². The highest BCUT2D eigenvalue weighted by molar-refractivity contribution is 7.12. The predicted molar refractivity (Wildman–Crippen MR) is 79.9 cm³/mol.